The van der Waals surface area contributed by atoms with Gasteiger partial charge in [0.15, 0.2) is 0 Å². The summed E-state index contributed by atoms with van der Waals surface area (Å²) in [5.74, 6) is 1.41. The van der Waals surface area contributed by atoms with Crippen molar-refractivity contribution in [1.29, 1.82) is 0 Å². The van der Waals surface area contributed by atoms with Gasteiger partial charge in [0.25, 0.3) is 5.91 Å². The molecule has 0 saturated carbocycles. The molecule has 0 radical (unpaired) electrons. The van der Waals surface area contributed by atoms with Crippen LogP contribution in [-0.4, -0.2) is 20.8 Å². The molecule has 2 aromatic heterocycles. The van der Waals surface area contributed by atoms with E-state index in [1.807, 2.05) is 13.8 Å². The molecule has 0 bridgehead atoms. The van der Waals surface area contributed by atoms with Crippen LogP contribution in [0.1, 0.15) is 33.1 Å². The third kappa shape index (κ3) is 1.68. The molecule has 5 heteroatoms. The third-order valence-corrected chi connectivity index (χ3v) is 3.14. The Kier molecular flexibility index (Phi) is 2.40. The lowest BCUT2D eigenvalue weighted by Crippen LogP contribution is -2.25. The van der Waals surface area contributed by atoms with E-state index in [-0.39, 0.29) is 5.91 Å². The molecule has 0 saturated heterocycles. The van der Waals surface area contributed by atoms with Gasteiger partial charge in [0.05, 0.1) is 17.8 Å². The Morgan fingerprint density at radius 2 is 2.22 bits per heavy atom. The van der Waals surface area contributed by atoms with Gasteiger partial charge in [0, 0.05) is 18.3 Å². The molecule has 1 aliphatic rings. The van der Waals surface area contributed by atoms with Crippen molar-refractivity contribution in [2.24, 2.45) is 0 Å². The van der Waals surface area contributed by atoms with Crippen molar-refractivity contribution in [2.45, 2.75) is 26.9 Å². The van der Waals surface area contributed by atoms with Crippen LogP contribution in [0.15, 0.2) is 23.0 Å². The number of aromatic nitrogens is 2. The number of aryl methyl sites for hydroxylation is 2. The summed E-state index contributed by atoms with van der Waals surface area (Å²) in [6.07, 6.45) is 3.28. The van der Waals surface area contributed by atoms with Gasteiger partial charge >= 0.3 is 0 Å². The average molecular weight is 243 g/mol. The molecular formula is C13H13N3O2. The topological polar surface area (TPSA) is 59.2 Å². The minimum atomic E-state index is -0.0117. The fourth-order valence-electron chi connectivity index (χ4n) is 2.26. The van der Waals surface area contributed by atoms with Gasteiger partial charge in [-0.15, -0.1) is 0 Å². The monoisotopic (exact) mass is 243 g/mol. The zero-order valence-corrected chi connectivity index (χ0v) is 10.3. The van der Waals surface area contributed by atoms with Gasteiger partial charge in [-0.25, -0.2) is 9.97 Å². The second-order valence-electron chi connectivity index (χ2n) is 4.48. The highest BCUT2D eigenvalue weighted by molar-refractivity contribution is 5.95. The standard InChI is InChI=1S/C13H13N3O2/c1-8-3-11(9(2)18-8)13(17)16-5-10-4-14-7-15-12(10)6-16/h3-4,7H,5-6H2,1-2H3. The second-order valence-corrected chi connectivity index (χ2v) is 4.48. The lowest BCUT2D eigenvalue weighted by molar-refractivity contribution is 0.0748. The van der Waals surface area contributed by atoms with Crippen molar-refractivity contribution in [3.8, 4) is 0 Å². The first-order valence-corrected chi connectivity index (χ1v) is 5.79. The SMILES string of the molecule is Cc1cc(C(=O)N2Cc3cncnc3C2)c(C)o1. The molecule has 0 spiro atoms. The van der Waals surface area contributed by atoms with Crippen LogP contribution >= 0.6 is 0 Å². The summed E-state index contributed by atoms with van der Waals surface area (Å²) in [5.41, 5.74) is 2.58. The largest absolute Gasteiger partial charge is 0.466 e. The summed E-state index contributed by atoms with van der Waals surface area (Å²) in [6.45, 7) is 4.76. The minimum Gasteiger partial charge on any atom is -0.466 e. The fourth-order valence-corrected chi connectivity index (χ4v) is 2.26. The maximum atomic E-state index is 12.4. The highest BCUT2D eigenvalue weighted by atomic mass is 16.3. The predicted molar refractivity (Wildman–Crippen MR) is 63.8 cm³/mol. The molecule has 18 heavy (non-hydrogen) atoms. The molecule has 0 aromatic carbocycles. The maximum Gasteiger partial charge on any atom is 0.258 e. The smallest absolute Gasteiger partial charge is 0.258 e. The summed E-state index contributed by atoms with van der Waals surface area (Å²) in [4.78, 5) is 22.3. The van der Waals surface area contributed by atoms with Gasteiger partial charge in [0.1, 0.15) is 17.8 Å². The number of amides is 1. The van der Waals surface area contributed by atoms with Crippen LogP contribution < -0.4 is 0 Å². The highest BCUT2D eigenvalue weighted by Crippen LogP contribution is 2.23. The molecule has 3 heterocycles. The van der Waals surface area contributed by atoms with Crippen LogP contribution in [0.3, 0.4) is 0 Å². The van der Waals surface area contributed by atoms with Crippen molar-refractivity contribution >= 4 is 5.91 Å². The molecule has 5 nitrogen and oxygen atoms in total. The zero-order valence-electron chi connectivity index (χ0n) is 10.3. The second kappa shape index (κ2) is 3.94. The third-order valence-electron chi connectivity index (χ3n) is 3.14. The van der Waals surface area contributed by atoms with E-state index in [1.54, 1.807) is 17.2 Å². The molecule has 1 aliphatic heterocycles. The first kappa shape index (κ1) is 11.0. The Labute approximate surface area is 104 Å². The molecule has 1 amide bonds. The van der Waals surface area contributed by atoms with Crippen LogP contribution in [0.25, 0.3) is 0 Å². The predicted octanol–water partition coefficient (Wildman–Crippen LogP) is 1.84. The van der Waals surface area contributed by atoms with Crippen LogP contribution in [0.5, 0.6) is 0 Å². The van der Waals surface area contributed by atoms with Crippen molar-refractivity contribution in [2.75, 3.05) is 0 Å². The summed E-state index contributed by atoms with van der Waals surface area (Å²) >= 11 is 0. The van der Waals surface area contributed by atoms with E-state index >= 15 is 0 Å². The summed E-state index contributed by atoms with van der Waals surface area (Å²) < 4.78 is 5.40. The van der Waals surface area contributed by atoms with Crippen LogP contribution in [0.2, 0.25) is 0 Å². The van der Waals surface area contributed by atoms with Crippen LogP contribution in [0, 0.1) is 13.8 Å². The average Bonchev–Trinajstić information content (AvgIpc) is 2.91. The van der Waals surface area contributed by atoms with Gasteiger partial charge in [-0.1, -0.05) is 0 Å². The Morgan fingerprint density at radius 3 is 2.89 bits per heavy atom. The molecule has 0 atom stereocenters. The van der Waals surface area contributed by atoms with E-state index in [1.165, 1.54) is 6.33 Å². The normalized spacial score (nSPS) is 13.8. The molecule has 2 aromatic rings. The zero-order chi connectivity index (χ0) is 12.7. The summed E-state index contributed by atoms with van der Waals surface area (Å²) in [7, 11) is 0. The molecule has 0 aliphatic carbocycles. The van der Waals surface area contributed by atoms with E-state index < -0.39 is 0 Å². The molecule has 0 N–H and O–H groups in total. The number of hydrogen-bond donors (Lipinski definition) is 0. The number of nitrogens with zero attached hydrogens (tertiary/aromatic N) is 3. The molecular weight excluding hydrogens is 230 g/mol. The summed E-state index contributed by atoms with van der Waals surface area (Å²) in [6, 6.07) is 1.78. The van der Waals surface area contributed by atoms with E-state index in [9.17, 15) is 4.79 Å². The van der Waals surface area contributed by atoms with Gasteiger partial charge < -0.3 is 9.32 Å². The van der Waals surface area contributed by atoms with E-state index in [0.717, 1.165) is 17.0 Å². The lowest BCUT2D eigenvalue weighted by Gasteiger charge is -2.14. The first-order valence-electron chi connectivity index (χ1n) is 5.79. The molecule has 92 valence electrons. The Bertz CT molecular complexity index is 593. The summed E-state index contributed by atoms with van der Waals surface area (Å²) in [5, 5.41) is 0. The van der Waals surface area contributed by atoms with Crippen molar-refractivity contribution in [3.05, 3.63) is 46.9 Å². The van der Waals surface area contributed by atoms with Crippen LogP contribution in [-0.2, 0) is 13.1 Å². The Morgan fingerprint density at radius 1 is 1.39 bits per heavy atom. The first-order chi connectivity index (χ1) is 8.65. The van der Waals surface area contributed by atoms with Gasteiger partial charge in [0.2, 0.25) is 0 Å². The number of fused-ring (bicyclic) bond motifs is 1. The number of carbonyl (C=O) groups excluding carboxylic acids is 1. The highest BCUT2D eigenvalue weighted by Gasteiger charge is 2.27. The fraction of sp³-hybridized carbons (Fsp3) is 0.308. The van der Waals surface area contributed by atoms with Gasteiger partial charge in [-0.3, -0.25) is 4.79 Å². The maximum absolute atomic E-state index is 12.4. The van der Waals surface area contributed by atoms with E-state index in [4.69, 9.17) is 4.42 Å². The lowest BCUT2D eigenvalue weighted by atomic mass is 10.2. The van der Waals surface area contributed by atoms with Crippen molar-refractivity contribution in [1.82, 2.24) is 14.9 Å². The van der Waals surface area contributed by atoms with Crippen molar-refractivity contribution in [3.63, 3.8) is 0 Å². The quantitative estimate of drug-likeness (QED) is 0.766. The van der Waals surface area contributed by atoms with Crippen molar-refractivity contribution < 1.29 is 9.21 Å². The Hall–Kier alpha value is -2.17. The van der Waals surface area contributed by atoms with E-state index in [0.29, 0.717) is 24.4 Å². The van der Waals surface area contributed by atoms with Gasteiger partial charge in [-0.05, 0) is 19.9 Å². The van der Waals surface area contributed by atoms with Crippen LogP contribution in [0.4, 0.5) is 0 Å². The number of hydrogen-bond acceptors (Lipinski definition) is 4. The number of rotatable bonds is 1. The van der Waals surface area contributed by atoms with Gasteiger partial charge in [-0.2, -0.15) is 0 Å². The molecule has 0 fully saturated rings. The molecule has 3 rings (SSSR count). The number of carbonyl (C=O) groups is 1. The molecule has 0 unspecified atom stereocenters. The number of furan rings is 1. The van der Waals surface area contributed by atoms with E-state index in [2.05, 4.69) is 9.97 Å². The minimum absolute atomic E-state index is 0.0117. The Balaban J connectivity index is 1.87.